The Bertz CT molecular complexity index is 525. The minimum atomic E-state index is 0.310. The van der Waals surface area contributed by atoms with Crippen molar-refractivity contribution >= 4 is 23.0 Å². The first kappa shape index (κ1) is 10.5. The number of halogens is 1. The SMILES string of the molecule is Clc1ccc2c(c1)NCC(c1ccccc1)N2. The van der Waals surface area contributed by atoms with Crippen LogP contribution >= 0.6 is 11.6 Å². The predicted octanol–water partition coefficient (Wildman–Crippen LogP) is 3.92. The van der Waals surface area contributed by atoms with Crippen LogP contribution in [-0.2, 0) is 0 Å². The highest BCUT2D eigenvalue weighted by Gasteiger charge is 2.18. The second kappa shape index (κ2) is 4.30. The molecule has 0 spiro atoms. The van der Waals surface area contributed by atoms with Crippen molar-refractivity contribution in [3.8, 4) is 0 Å². The van der Waals surface area contributed by atoms with Crippen LogP contribution in [0, 0.1) is 0 Å². The average Bonchev–Trinajstić information content (AvgIpc) is 2.39. The molecule has 0 amide bonds. The molecule has 1 aliphatic rings. The Morgan fingerprint density at radius 2 is 1.82 bits per heavy atom. The maximum atomic E-state index is 5.96. The van der Waals surface area contributed by atoms with Crippen molar-refractivity contribution < 1.29 is 0 Å². The molecule has 2 aromatic rings. The molecule has 3 heteroatoms. The summed E-state index contributed by atoms with van der Waals surface area (Å²) in [6.07, 6.45) is 0. The minimum Gasteiger partial charge on any atom is -0.381 e. The van der Waals surface area contributed by atoms with E-state index in [2.05, 4.69) is 34.9 Å². The van der Waals surface area contributed by atoms with E-state index in [1.54, 1.807) is 0 Å². The van der Waals surface area contributed by atoms with E-state index in [1.807, 2.05) is 24.3 Å². The van der Waals surface area contributed by atoms with Gasteiger partial charge in [0.05, 0.1) is 17.4 Å². The zero-order valence-electron chi connectivity index (χ0n) is 9.28. The molecule has 2 nitrogen and oxygen atoms in total. The van der Waals surface area contributed by atoms with Crippen molar-refractivity contribution in [1.82, 2.24) is 0 Å². The Kier molecular flexibility index (Phi) is 2.65. The van der Waals surface area contributed by atoms with Crippen molar-refractivity contribution in [1.29, 1.82) is 0 Å². The fraction of sp³-hybridized carbons (Fsp3) is 0.143. The second-order valence-electron chi connectivity index (χ2n) is 4.18. The first-order valence-corrected chi connectivity index (χ1v) is 6.05. The third-order valence-electron chi connectivity index (χ3n) is 3.01. The molecule has 0 bridgehead atoms. The van der Waals surface area contributed by atoms with Crippen LogP contribution in [-0.4, -0.2) is 6.54 Å². The molecule has 1 atom stereocenters. The Morgan fingerprint density at radius 1 is 1.00 bits per heavy atom. The van der Waals surface area contributed by atoms with Crippen molar-refractivity contribution in [3.05, 3.63) is 59.1 Å². The highest BCUT2D eigenvalue weighted by molar-refractivity contribution is 6.31. The van der Waals surface area contributed by atoms with Gasteiger partial charge in [0, 0.05) is 11.6 Å². The van der Waals surface area contributed by atoms with E-state index in [-0.39, 0.29) is 0 Å². The van der Waals surface area contributed by atoms with Crippen LogP contribution in [0.25, 0.3) is 0 Å². The van der Waals surface area contributed by atoms with Gasteiger partial charge in [0.1, 0.15) is 0 Å². The molecule has 0 saturated heterocycles. The van der Waals surface area contributed by atoms with Crippen molar-refractivity contribution in [2.24, 2.45) is 0 Å². The average molecular weight is 245 g/mol. The van der Waals surface area contributed by atoms with Gasteiger partial charge in [0.25, 0.3) is 0 Å². The highest BCUT2D eigenvalue weighted by atomic mass is 35.5. The van der Waals surface area contributed by atoms with Crippen molar-refractivity contribution in [2.45, 2.75) is 6.04 Å². The van der Waals surface area contributed by atoms with Gasteiger partial charge < -0.3 is 10.6 Å². The summed E-state index contributed by atoms with van der Waals surface area (Å²) in [5.74, 6) is 0. The van der Waals surface area contributed by atoms with Crippen LogP contribution in [0.2, 0.25) is 5.02 Å². The number of nitrogens with one attached hydrogen (secondary N) is 2. The quantitative estimate of drug-likeness (QED) is 0.795. The van der Waals surface area contributed by atoms with Crippen molar-refractivity contribution in [3.63, 3.8) is 0 Å². The van der Waals surface area contributed by atoms with Gasteiger partial charge >= 0.3 is 0 Å². The molecule has 1 heterocycles. The molecule has 0 saturated carbocycles. The van der Waals surface area contributed by atoms with E-state index in [1.165, 1.54) is 5.56 Å². The fourth-order valence-electron chi connectivity index (χ4n) is 2.13. The first-order chi connectivity index (χ1) is 8.33. The molecule has 0 aliphatic carbocycles. The lowest BCUT2D eigenvalue weighted by Gasteiger charge is -2.28. The molecule has 1 aliphatic heterocycles. The van der Waals surface area contributed by atoms with Gasteiger partial charge in [0.15, 0.2) is 0 Å². The normalized spacial score (nSPS) is 17.8. The number of hydrogen-bond acceptors (Lipinski definition) is 2. The predicted molar refractivity (Wildman–Crippen MR) is 72.7 cm³/mol. The molecule has 2 N–H and O–H groups in total. The summed E-state index contributed by atoms with van der Waals surface area (Å²) < 4.78 is 0. The largest absolute Gasteiger partial charge is 0.381 e. The number of anilines is 2. The molecule has 86 valence electrons. The molecule has 0 fully saturated rings. The lowest BCUT2D eigenvalue weighted by Crippen LogP contribution is -2.25. The summed E-state index contributed by atoms with van der Waals surface area (Å²) in [4.78, 5) is 0. The Labute approximate surface area is 106 Å². The standard InChI is InChI=1S/C14H13ClN2/c15-11-6-7-12-13(8-11)16-9-14(17-12)10-4-2-1-3-5-10/h1-8,14,16-17H,9H2. The molecule has 1 unspecified atom stereocenters. The molecule has 0 aromatic heterocycles. The van der Waals surface area contributed by atoms with Crippen LogP contribution in [0.1, 0.15) is 11.6 Å². The van der Waals surface area contributed by atoms with Crippen LogP contribution in [0.15, 0.2) is 48.5 Å². The Balaban J connectivity index is 1.88. The number of benzene rings is 2. The van der Waals surface area contributed by atoms with Gasteiger partial charge in [-0.1, -0.05) is 41.9 Å². The summed E-state index contributed by atoms with van der Waals surface area (Å²) in [7, 11) is 0. The number of hydrogen-bond donors (Lipinski definition) is 2. The van der Waals surface area contributed by atoms with Crippen LogP contribution in [0.5, 0.6) is 0 Å². The second-order valence-corrected chi connectivity index (χ2v) is 4.61. The van der Waals surface area contributed by atoms with Gasteiger partial charge in [-0.2, -0.15) is 0 Å². The lowest BCUT2D eigenvalue weighted by molar-refractivity contribution is 0.804. The molecule has 0 radical (unpaired) electrons. The maximum absolute atomic E-state index is 5.96. The van der Waals surface area contributed by atoms with E-state index in [4.69, 9.17) is 11.6 Å². The highest BCUT2D eigenvalue weighted by Crippen LogP contribution is 2.33. The molecule has 17 heavy (non-hydrogen) atoms. The van der Waals surface area contributed by atoms with Crippen molar-refractivity contribution in [2.75, 3.05) is 17.2 Å². The third-order valence-corrected chi connectivity index (χ3v) is 3.25. The van der Waals surface area contributed by atoms with Gasteiger partial charge in [-0.05, 0) is 23.8 Å². The Hall–Kier alpha value is -1.67. The van der Waals surface area contributed by atoms with Crippen LogP contribution in [0.3, 0.4) is 0 Å². The monoisotopic (exact) mass is 244 g/mol. The summed E-state index contributed by atoms with van der Waals surface area (Å²) in [6, 6.07) is 16.6. The number of fused-ring (bicyclic) bond motifs is 1. The smallest absolute Gasteiger partial charge is 0.0687 e. The van der Waals surface area contributed by atoms with E-state index in [9.17, 15) is 0 Å². The number of rotatable bonds is 1. The molecule has 2 aromatic carbocycles. The molecular weight excluding hydrogens is 232 g/mol. The first-order valence-electron chi connectivity index (χ1n) is 5.68. The molecule has 3 rings (SSSR count). The summed E-state index contributed by atoms with van der Waals surface area (Å²) in [5, 5.41) is 7.68. The summed E-state index contributed by atoms with van der Waals surface area (Å²) >= 11 is 5.96. The summed E-state index contributed by atoms with van der Waals surface area (Å²) in [5.41, 5.74) is 3.47. The van der Waals surface area contributed by atoms with E-state index < -0.39 is 0 Å². The zero-order valence-corrected chi connectivity index (χ0v) is 10.0. The third kappa shape index (κ3) is 2.08. The van der Waals surface area contributed by atoms with Crippen LogP contribution < -0.4 is 10.6 Å². The van der Waals surface area contributed by atoms with Crippen LogP contribution in [0.4, 0.5) is 11.4 Å². The summed E-state index contributed by atoms with van der Waals surface area (Å²) in [6.45, 7) is 0.872. The van der Waals surface area contributed by atoms with Gasteiger partial charge in [-0.15, -0.1) is 0 Å². The minimum absolute atomic E-state index is 0.310. The van der Waals surface area contributed by atoms with Gasteiger partial charge in [-0.25, -0.2) is 0 Å². The topological polar surface area (TPSA) is 24.1 Å². The maximum Gasteiger partial charge on any atom is 0.0687 e. The molecular formula is C14H13ClN2. The fourth-order valence-corrected chi connectivity index (χ4v) is 2.30. The van der Waals surface area contributed by atoms with E-state index >= 15 is 0 Å². The lowest BCUT2D eigenvalue weighted by atomic mass is 10.0. The van der Waals surface area contributed by atoms with E-state index in [0.717, 1.165) is 22.9 Å². The van der Waals surface area contributed by atoms with Gasteiger partial charge in [0.2, 0.25) is 0 Å². The zero-order chi connectivity index (χ0) is 11.7. The van der Waals surface area contributed by atoms with E-state index in [0.29, 0.717) is 6.04 Å². The Morgan fingerprint density at radius 3 is 2.65 bits per heavy atom. The van der Waals surface area contributed by atoms with Gasteiger partial charge in [-0.3, -0.25) is 0 Å².